The zero-order valence-corrected chi connectivity index (χ0v) is 20.2. The molecule has 0 fully saturated rings. The molecular formula is C26H28N4O5. The monoisotopic (exact) mass is 476 g/mol. The van der Waals surface area contributed by atoms with Crippen molar-refractivity contribution in [1.82, 2.24) is 10.2 Å². The number of methoxy groups -OCH3 is 1. The molecule has 1 aromatic heterocycles. The van der Waals surface area contributed by atoms with E-state index in [0.29, 0.717) is 60.0 Å². The lowest BCUT2D eigenvalue weighted by Gasteiger charge is -2.25. The van der Waals surface area contributed by atoms with Gasteiger partial charge in [0.2, 0.25) is 11.8 Å². The van der Waals surface area contributed by atoms with E-state index in [1.165, 1.54) is 0 Å². The molecule has 35 heavy (non-hydrogen) atoms. The van der Waals surface area contributed by atoms with Crippen molar-refractivity contribution in [3.05, 3.63) is 59.0 Å². The van der Waals surface area contributed by atoms with Crippen LogP contribution in [0.5, 0.6) is 28.9 Å². The second-order valence-corrected chi connectivity index (χ2v) is 7.61. The lowest BCUT2D eigenvalue weighted by Crippen LogP contribution is -2.21. The Bertz CT molecular complexity index is 1290. The number of nitrogens with zero attached hydrogens (tertiary/aromatic N) is 2. The van der Waals surface area contributed by atoms with Crippen molar-refractivity contribution in [3.8, 4) is 46.2 Å². The molecule has 3 aromatic rings. The quantitative estimate of drug-likeness (QED) is 0.463. The van der Waals surface area contributed by atoms with Gasteiger partial charge in [-0.2, -0.15) is 5.26 Å². The van der Waals surface area contributed by atoms with Crippen LogP contribution in [0.25, 0.3) is 11.3 Å². The van der Waals surface area contributed by atoms with Gasteiger partial charge in [-0.3, -0.25) is 5.10 Å². The summed E-state index contributed by atoms with van der Waals surface area (Å²) in [6, 6.07) is 13.4. The van der Waals surface area contributed by atoms with Crippen molar-refractivity contribution >= 4 is 0 Å². The SMILES string of the molecule is CCOc1ccc(-c2[nH]nc3c2[C@@H](c2ccc(OCC)c(OCC)c2)C(C#N)=C(N)O3)cc1OC. The molecule has 0 saturated carbocycles. The number of aromatic nitrogens is 2. The zero-order chi connectivity index (χ0) is 24.9. The van der Waals surface area contributed by atoms with Crippen LogP contribution in [0, 0.1) is 11.3 Å². The molecule has 1 aliphatic rings. The molecule has 4 rings (SSSR count). The van der Waals surface area contributed by atoms with Gasteiger partial charge in [-0.25, -0.2) is 0 Å². The summed E-state index contributed by atoms with van der Waals surface area (Å²) in [7, 11) is 1.59. The first-order valence-electron chi connectivity index (χ1n) is 11.4. The number of allylic oxidation sites excluding steroid dienone is 1. The first-order valence-corrected chi connectivity index (χ1v) is 11.4. The van der Waals surface area contributed by atoms with Gasteiger partial charge in [-0.05, 0) is 56.7 Å². The van der Waals surface area contributed by atoms with Gasteiger partial charge in [0.15, 0.2) is 23.0 Å². The lowest BCUT2D eigenvalue weighted by molar-refractivity contribution is 0.287. The van der Waals surface area contributed by atoms with Crippen LogP contribution in [0.2, 0.25) is 0 Å². The molecule has 0 amide bonds. The number of aromatic amines is 1. The molecule has 2 heterocycles. The second kappa shape index (κ2) is 10.3. The van der Waals surface area contributed by atoms with Crippen LogP contribution in [0.1, 0.15) is 37.8 Å². The highest BCUT2D eigenvalue weighted by molar-refractivity contribution is 5.73. The van der Waals surface area contributed by atoms with Crippen molar-refractivity contribution in [2.45, 2.75) is 26.7 Å². The van der Waals surface area contributed by atoms with Crippen molar-refractivity contribution in [3.63, 3.8) is 0 Å². The van der Waals surface area contributed by atoms with Crippen LogP contribution >= 0.6 is 0 Å². The Morgan fingerprint density at radius 2 is 1.63 bits per heavy atom. The van der Waals surface area contributed by atoms with Crippen LogP contribution in [0.4, 0.5) is 0 Å². The molecule has 0 spiro atoms. The number of H-pyrrole nitrogens is 1. The van der Waals surface area contributed by atoms with E-state index in [0.717, 1.165) is 11.1 Å². The Morgan fingerprint density at radius 1 is 0.971 bits per heavy atom. The van der Waals surface area contributed by atoms with Gasteiger partial charge in [-0.15, -0.1) is 5.10 Å². The van der Waals surface area contributed by atoms with Gasteiger partial charge in [0.05, 0.1) is 44.1 Å². The number of hydrogen-bond donors (Lipinski definition) is 2. The predicted molar refractivity (Wildman–Crippen MR) is 130 cm³/mol. The van der Waals surface area contributed by atoms with Crippen LogP contribution in [0.3, 0.4) is 0 Å². The highest BCUT2D eigenvalue weighted by Gasteiger charge is 2.36. The number of hydrogen-bond acceptors (Lipinski definition) is 8. The molecule has 9 heteroatoms. The summed E-state index contributed by atoms with van der Waals surface area (Å²) in [5, 5.41) is 17.4. The third-order valence-corrected chi connectivity index (χ3v) is 5.59. The maximum atomic E-state index is 10.0. The maximum Gasteiger partial charge on any atom is 0.244 e. The summed E-state index contributed by atoms with van der Waals surface area (Å²) in [5.74, 6) is 2.21. The number of fused-ring (bicyclic) bond motifs is 1. The minimum absolute atomic E-state index is 0.0131. The normalized spacial score (nSPS) is 14.5. The van der Waals surface area contributed by atoms with E-state index in [4.69, 9.17) is 29.4 Å². The molecule has 1 aliphatic heterocycles. The highest BCUT2D eigenvalue weighted by Crippen LogP contribution is 2.47. The van der Waals surface area contributed by atoms with Crippen molar-refractivity contribution in [2.24, 2.45) is 5.73 Å². The topological polar surface area (TPSA) is 125 Å². The number of benzene rings is 2. The zero-order valence-electron chi connectivity index (χ0n) is 20.2. The van der Waals surface area contributed by atoms with Crippen molar-refractivity contribution in [1.29, 1.82) is 5.26 Å². The number of nitrogens with two attached hydrogens (primary N) is 1. The maximum absolute atomic E-state index is 10.0. The molecule has 9 nitrogen and oxygen atoms in total. The number of rotatable bonds is 9. The first-order chi connectivity index (χ1) is 17.1. The van der Waals surface area contributed by atoms with E-state index in [2.05, 4.69) is 16.3 Å². The number of nitriles is 1. The van der Waals surface area contributed by atoms with Crippen LogP contribution < -0.4 is 29.4 Å². The van der Waals surface area contributed by atoms with E-state index in [1.807, 2.05) is 57.2 Å². The minimum Gasteiger partial charge on any atom is -0.493 e. The number of ether oxygens (including phenoxy) is 5. The lowest BCUT2D eigenvalue weighted by atomic mass is 9.83. The van der Waals surface area contributed by atoms with E-state index in [-0.39, 0.29) is 11.5 Å². The van der Waals surface area contributed by atoms with Crippen LogP contribution in [0.15, 0.2) is 47.9 Å². The van der Waals surface area contributed by atoms with Gasteiger partial charge >= 0.3 is 0 Å². The molecule has 0 unspecified atom stereocenters. The molecule has 0 radical (unpaired) electrons. The Balaban J connectivity index is 1.88. The Hall–Kier alpha value is -4.32. The molecule has 0 saturated heterocycles. The number of nitrogens with one attached hydrogen (secondary N) is 1. The Morgan fingerprint density at radius 3 is 2.29 bits per heavy atom. The smallest absolute Gasteiger partial charge is 0.244 e. The average Bonchev–Trinajstić information content (AvgIpc) is 3.28. The largest absolute Gasteiger partial charge is 0.493 e. The van der Waals surface area contributed by atoms with E-state index in [1.54, 1.807) is 7.11 Å². The molecule has 182 valence electrons. The Labute approximate surface area is 204 Å². The van der Waals surface area contributed by atoms with Gasteiger partial charge in [0, 0.05) is 5.56 Å². The van der Waals surface area contributed by atoms with Gasteiger partial charge in [0.25, 0.3) is 0 Å². The molecule has 0 bridgehead atoms. The summed E-state index contributed by atoms with van der Waals surface area (Å²) in [5.41, 5.74) is 9.38. The van der Waals surface area contributed by atoms with Crippen molar-refractivity contribution < 1.29 is 23.7 Å². The van der Waals surface area contributed by atoms with E-state index >= 15 is 0 Å². The predicted octanol–water partition coefficient (Wildman–Crippen LogP) is 4.50. The fourth-order valence-corrected chi connectivity index (χ4v) is 4.14. The molecule has 0 aliphatic carbocycles. The summed E-state index contributed by atoms with van der Waals surface area (Å²) in [6.45, 7) is 7.21. The highest BCUT2D eigenvalue weighted by atomic mass is 16.5. The van der Waals surface area contributed by atoms with Crippen LogP contribution in [-0.2, 0) is 0 Å². The minimum atomic E-state index is -0.537. The molecule has 1 atom stereocenters. The summed E-state index contributed by atoms with van der Waals surface area (Å²) >= 11 is 0. The van der Waals surface area contributed by atoms with E-state index < -0.39 is 5.92 Å². The third kappa shape index (κ3) is 4.43. The molecule has 2 aromatic carbocycles. The Kier molecular flexibility index (Phi) is 7.01. The van der Waals surface area contributed by atoms with Gasteiger partial charge < -0.3 is 29.4 Å². The fourth-order valence-electron chi connectivity index (χ4n) is 4.14. The van der Waals surface area contributed by atoms with Crippen molar-refractivity contribution in [2.75, 3.05) is 26.9 Å². The fraction of sp³-hybridized carbons (Fsp3) is 0.308. The molecular weight excluding hydrogens is 448 g/mol. The van der Waals surface area contributed by atoms with E-state index in [9.17, 15) is 5.26 Å². The average molecular weight is 477 g/mol. The van der Waals surface area contributed by atoms with Gasteiger partial charge in [0.1, 0.15) is 11.6 Å². The third-order valence-electron chi connectivity index (χ3n) is 5.59. The second-order valence-electron chi connectivity index (χ2n) is 7.61. The molecule has 3 N–H and O–H groups in total. The standard InChI is InChI=1S/C26H28N4O5/c1-5-32-18-11-9-16(13-20(18)31-4)24-23-22(17(14-27)25(28)35-26(23)30-29-24)15-8-10-19(33-6-2)21(12-15)34-7-3/h8-13,22H,5-7,28H2,1-4H3,(H,29,30)/t22-/m0/s1. The summed E-state index contributed by atoms with van der Waals surface area (Å²) < 4.78 is 28.4. The summed E-state index contributed by atoms with van der Waals surface area (Å²) in [4.78, 5) is 0. The van der Waals surface area contributed by atoms with Crippen LogP contribution in [-0.4, -0.2) is 37.1 Å². The summed E-state index contributed by atoms with van der Waals surface area (Å²) in [6.07, 6.45) is 0. The first kappa shape index (κ1) is 23.8. The van der Waals surface area contributed by atoms with Gasteiger partial charge in [-0.1, -0.05) is 6.07 Å².